The van der Waals surface area contributed by atoms with Gasteiger partial charge in [-0.3, -0.25) is 9.59 Å². The number of hydrogen-bond acceptors (Lipinski definition) is 2. The molecule has 0 aromatic heterocycles. The zero-order valence-electron chi connectivity index (χ0n) is 15.2. The molecule has 1 fully saturated rings. The molecular weight excluding hydrogens is 300 g/mol. The van der Waals surface area contributed by atoms with Crippen LogP contribution in [-0.4, -0.2) is 35.8 Å². The van der Waals surface area contributed by atoms with E-state index in [2.05, 4.69) is 36.5 Å². The van der Waals surface area contributed by atoms with Gasteiger partial charge >= 0.3 is 0 Å². The van der Waals surface area contributed by atoms with E-state index in [0.29, 0.717) is 6.42 Å². The Morgan fingerprint density at radius 2 is 1.71 bits per heavy atom. The fraction of sp³-hybridized carbons (Fsp3) is 0.600. The molecule has 0 spiro atoms. The van der Waals surface area contributed by atoms with Crippen molar-refractivity contribution < 1.29 is 9.59 Å². The van der Waals surface area contributed by atoms with Crippen LogP contribution in [0.5, 0.6) is 0 Å². The van der Waals surface area contributed by atoms with E-state index in [0.717, 1.165) is 38.8 Å². The molecule has 4 nitrogen and oxygen atoms in total. The smallest absolute Gasteiger partial charge is 0.222 e. The highest BCUT2D eigenvalue weighted by Gasteiger charge is 2.24. The lowest BCUT2D eigenvalue weighted by atomic mass is 10.0. The quantitative estimate of drug-likeness (QED) is 0.872. The van der Waals surface area contributed by atoms with Crippen LogP contribution in [0.1, 0.15) is 51.2 Å². The summed E-state index contributed by atoms with van der Waals surface area (Å²) in [6.07, 6.45) is 4.12. The number of nitrogens with zero attached hydrogens (tertiary/aromatic N) is 1. The zero-order valence-corrected chi connectivity index (χ0v) is 15.2. The molecule has 132 valence electrons. The topological polar surface area (TPSA) is 49.4 Å². The van der Waals surface area contributed by atoms with Crippen LogP contribution < -0.4 is 5.32 Å². The minimum absolute atomic E-state index is 0.0174. The van der Waals surface area contributed by atoms with Crippen LogP contribution in [0.25, 0.3) is 0 Å². The summed E-state index contributed by atoms with van der Waals surface area (Å²) >= 11 is 0. The summed E-state index contributed by atoms with van der Waals surface area (Å²) in [6, 6.07) is 8.75. The Labute approximate surface area is 145 Å². The number of likely N-dealkylation sites (tertiary alicyclic amines) is 1. The molecule has 4 heteroatoms. The molecular formula is C20H30N2O2. The number of hydrogen-bond donors (Lipinski definition) is 1. The summed E-state index contributed by atoms with van der Waals surface area (Å²) in [5, 5.41) is 3.07. The summed E-state index contributed by atoms with van der Waals surface area (Å²) in [6.45, 7) is 7.45. The second-order valence-electron chi connectivity index (χ2n) is 6.99. The van der Waals surface area contributed by atoms with Crippen LogP contribution in [-0.2, 0) is 22.4 Å². The number of nitrogens with one attached hydrogen (secondary N) is 1. The third-order valence-corrected chi connectivity index (χ3v) is 4.78. The van der Waals surface area contributed by atoms with Crippen LogP contribution in [0.15, 0.2) is 24.3 Å². The van der Waals surface area contributed by atoms with Crippen molar-refractivity contribution in [3.05, 3.63) is 35.4 Å². The predicted molar refractivity (Wildman–Crippen MR) is 96.7 cm³/mol. The highest BCUT2D eigenvalue weighted by Crippen LogP contribution is 2.14. The minimum atomic E-state index is 0.0174. The average molecular weight is 330 g/mol. The van der Waals surface area contributed by atoms with Gasteiger partial charge in [0.15, 0.2) is 0 Å². The average Bonchev–Trinajstić information content (AvgIpc) is 2.60. The molecule has 2 amide bonds. The Morgan fingerprint density at radius 3 is 2.25 bits per heavy atom. The highest BCUT2D eigenvalue weighted by atomic mass is 16.2. The maximum absolute atomic E-state index is 12.4. The lowest BCUT2D eigenvalue weighted by Gasteiger charge is -2.32. The normalized spacial score (nSPS) is 15.6. The van der Waals surface area contributed by atoms with Crippen molar-refractivity contribution in [1.82, 2.24) is 10.2 Å². The van der Waals surface area contributed by atoms with Crippen molar-refractivity contribution in [2.75, 3.05) is 13.1 Å². The van der Waals surface area contributed by atoms with Crippen molar-refractivity contribution in [3.63, 3.8) is 0 Å². The molecule has 0 saturated carbocycles. The van der Waals surface area contributed by atoms with E-state index < -0.39 is 0 Å². The Hall–Kier alpha value is -1.84. The van der Waals surface area contributed by atoms with Crippen molar-refractivity contribution in [2.24, 2.45) is 5.92 Å². The maximum atomic E-state index is 12.4. The molecule has 0 aliphatic carbocycles. The number of benzene rings is 1. The number of carbonyl (C=O) groups is 2. The maximum Gasteiger partial charge on any atom is 0.222 e. The van der Waals surface area contributed by atoms with E-state index in [4.69, 9.17) is 0 Å². The summed E-state index contributed by atoms with van der Waals surface area (Å²) in [5.41, 5.74) is 2.55. The molecule has 1 heterocycles. The Balaban J connectivity index is 1.73. The first-order chi connectivity index (χ1) is 11.5. The molecule has 1 aliphatic heterocycles. The molecule has 1 aromatic carbocycles. The van der Waals surface area contributed by atoms with E-state index in [1.54, 1.807) is 0 Å². The lowest BCUT2D eigenvalue weighted by molar-refractivity contribution is -0.132. The molecule has 2 rings (SSSR count). The summed E-state index contributed by atoms with van der Waals surface area (Å²) in [5.74, 6) is 0.349. The molecule has 24 heavy (non-hydrogen) atoms. The molecule has 1 aliphatic rings. The van der Waals surface area contributed by atoms with E-state index in [-0.39, 0.29) is 23.8 Å². The lowest BCUT2D eigenvalue weighted by Crippen LogP contribution is -2.47. The Kier molecular flexibility index (Phi) is 6.83. The van der Waals surface area contributed by atoms with Gasteiger partial charge < -0.3 is 10.2 Å². The van der Waals surface area contributed by atoms with Gasteiger partial charge in [0.2, 0.25) is 11.8 Å². The number of aryl methyl sites for hydroxylation is 2. The second-order valence-corrected chi connectivity index (χ2v) is 6.99. The van der Waals surface area contributed by atoms with Gasteiger partial charge in [-0.25, -0.2) is 0 Å². The van der Waals surface area contributed by atoms with Crippen LogP contribution in [0.2, 0.25) is 0 Å². The SMILES string of the molecule is CCc1ccc(CCC(=O)N2CCC(NC(=O)C(C)C)CC2)cc1. The van der Waals surface area contributed by atoms with Gasteiger partial charge in [0.25, 0.3) is 0 Å². The first-order valence-electron chi connectivity index (χ1n) is 9.15. The number of carbonyl (C=O) groups excluding carboxylic acids is 2. The van der Waals surface area contributed by atoms with Gasteiger partial charge in [-0.05, 0) is 36.8 Å². The van der Waals surface area contributed by atoms with Crippen molar-refractivity contribution >= 4 is 11.8 Å². The standard InChI is InChI=1S/C20H30N2O2/c1-4-16-5-7-17(8-6-16)9-10-19(23)22-13-11-18(12-14-22)21-20(24)15(2)3/h5-8,15,18H,4,9-14H2,1-3H3,(H,21,24). The first kappa shape index (κ1) is 18.5. The van der Waals surface area contributed by atoms with E-state index in [1.165, 1.54) is 11.1 Å². The molecule has 0 atom stereocenters. The predicted octanol–water partition coefficient (Wildman–Crippen LogP) is 2.94. The number of rotatable bonds is 6. The monoisotopic (exact) mass is 330 g/mol. The van der Waals surface area contributed by atoms with Crippen LogP contribution in [0.3, 0.4) is 0 Å². The van der Waals surface area contributed by atoms with Crippen molar-refractivity contribution in [1.29, 1.82) is 0 Å². The van der Waals surface area contributed by atoms with Gasteiger partial charge in [0, 0.05) is 31.5 Å². The van der Waals surface area contributed by atoms with E-state index in [9.17, 15) is 9.59 Å². The van der Waals surface area contributed by atoms with Crippen molar-refractivity contribution in [2.45, 2.75) is 58.9 Å². The summed E-state index contributed by atoms with van der Waals surface area (Å²) in [4.78, 5) is 26.1. The zero-order chi connectivity index (χ0) is 17.5. The summed E-state index contributed by atoms with van der Waals surface area (Å²) in [7, 11) is 0. The van der Waals surface area contributed by atoms with Crippen LogP contribution in [0, 0.1) is 5.92 Å². The molecule has 0 radical (unpaired) electrons. The third-order valence-electron chi connectivity index (χ3n) is 4.78. The Morgan fingerprint density at radius 1 is 1.12 bits per heavy atom. The first-order valence-corrected chi connectivity index (χ1v) is 9.15. The molecule has 1 N–H and O–H groups in total. The van der Waals surface area contributed by atoms with E-state index >= 15 is 0 Å². The van der Waals surface area contributed by atoms with Gasteiger partial charge in [-0.15, -0.1) is 0 Å². The van der Waals surface area contributed by atoms with Crippen LogP contribution in [0.4, 0.5) is 0 Å². The fourth-order valence-electron chi connectivity index (χ4n) is 2.99. The fourth-order valence-corrected chi connectivity index (χ4v) is 2.99. The largest absolute Gasteiger partial charge is 0.353 e. The van der Waals surface area contributed by atoms with Gasteiger partial charge in [-0.1, -0.05) is 45.0 Å². The molecule has 1 saturated heterocycles. The molecule has 0 unspecified atom stereocenters. The van der Waals surface area contributed by atoms with Crippen molar-refractivity contribution in [3.8, 4) is 0 Å². The number of amides is 2. The summed E-state index contributed by atoms with van der Waals surface area (Å²) < 4.78 is 0. The van der Waals surface area contributed by atoms with E-state index in [1.807, 2.05) is 18.7 Å². The van der Waals surface area contributed by atoms with Gasteiger partial charge in [-0.2, -0.15) is 0 Å². The Bertz CT molecular complexity index is 543. The number of piperidine rings is 1. The third kappa shape index (κ3) is 5.36. The molecule has 1 aromatic rings. The second kappa shape index (κ2) is 8.86. The highest BCUT2D eigenvalue weighted by molar-refractivity contribution is 5.78. The van der Waals surface area contributed by atoms with Crippen LogP contribution >= 0.6 is 0 Å². The minimum Gasteiger partial charge on any atom is -0.353 e. The van der Waals surface area contributed by atoms with Gasteiger partial charge in [0.1, 0.15) is 0 Å². The van der Waals surface area contributed by atoms with Gasteiger partial charge in [0.05, 0.1) is 0 Å². The molecule has 0 bridgehead atoms.